The molecule has 1 N–H and O–H groups in total. The number of nitrogens with one attached hydrogen (secondary N) is 1. The molecule has 1 rings (SSSR count). The third-order valence-electron chi connectivity index (χ3n) is 1.64. The van der Waals surface area contributed by atoms with Crippen molar-refractivity contribution in [3.63, 3.8) is 0 Å². The Hall–Kier alpha value is -0.610. The topological polar surface area (TPSA) is 12.0 Å². The summed E-state index contributed by atoms with van der Waals surface area (Å²) in [5, 5.41) is 2.84. The molecule has 1 aromatic carbocycles. The first-order valence-corrected chi connectivity index (χ1v) is 5.08. The summed E-state index contributed by atoms with van der Waals surface area (Å²) >= 11 is 1.08. The lowest BCUT2D eigenvalue weighted by Crippen LogP contribution is -2.06. The van der Waals surface area contributed by atoms with Crippen LogP contribution in [0.2, 0.25) is 0 Å². The second kappa shape index (κ2) is 4.58. The van der Waals surface area contributed by atoms with E-state index in [-0.39, 0.29) is 4.90 Å². The zero-order valence-corrected chi connectivity index (χ0v) is 8.34. The highest BCUT2D eigenvalue weighted by Gasteiger charge is 2.09. The number of rotatable bonds is 3. The van der Waals surface area contributed by atoms with Crippen molar-refractivity contribution in [3.05, 3.63) is 29.3 Å². The smallest absolute Gasteiger partial charge is 0.140 e. The van der Waals surface area contributed by atoms with E-state index in [1.807, 2.05) is 0 Å². The Balaban J connectivity index is 3.05. The molecule has 0 saturated heterocycles. The van der Waals surface area contributed by atoms with E-state index >= 15 is 0 Å². The molecule has 0 unspecified atom stereocenters. The van der Waals surface area contributed by atoms with Gasteiger partial charge in [-0.1, -0.05) is 0 Å². The van der Waals surface area contributed by atoms with E-state index < -0.39 is 11.6 Å². The van der Waals surface area contributed by atoms with Crippen molar-refractivity contribution in [1.29, 1.82) is 0 Å². The summed E-state index contributed by atoms with van der Waals surface area (Å²) in [5.41, 5.74) is 0.621. The second-order valence-corrected chi connectivity index (χ2v) is 3.44. The first-order chi connectivity index (χ1) is 6.19. The van der Waals surface area contributed by atoms with E-state index in [0.29, 0.717) is 12.1 Å². The minimum Gasteiger partial charge on any atom is -0.316 e. The Bertz CT molecular complexity index is 279. The van der Waals surface area contributed by atoms with E-state index in [2.05, 4.69) is 5.32 Å². The quantitative estimate of drug-likeness (QED) is 0.757. The molecule has 0 atom stereocenters. The summed E-state index contributed by atoms with van der Waals surface area (Å²) in [7, 11) is 1.73. The number of hydrogen-bond acceptors (Lipinski definition) is 2. The normalized spacial score (nSPS) is 10.5. The summed E-state index contributed by atoms with van der Waals surface area (Å²) in [5.74, 6) is -0.976. The molecule has 0 spiro atoms. The Morgan fingerprint density at radius 3 is 2.23 bits per heavy atom. The van der Waals surface area contributed by atoms with Crippen LogP contribution in [0.1, 0.15) is 5.56 Å². The Labute approximate surface area is 80.5 Å². The third-order valence-corrected chi connectivity index (χ3v) is 2.44. The predicted molar refractivity (Wildman–Crippen MR) is 50.9 cm³/mol. The molecule has 13 heavy (non-hydrogen) atoms. The fourth-order valence-corrected chi connectivity index (χ4v) is 1.62. The zero-order chi connectivity index (χ0) is 9.84. The van der Waals surface area contributed by atoms with Gasteiger partial charge in [0.2, 0.25) is 0 Å². The summed E-state index contributed by atoms with van der Waals surface area (Å²) in [6.45, 7) is 0.475. The van der Waals surface area contributed by atoms with Gasteiger partial charge in [-0.25, -0.2) is 8.78 Å². The first-order valence-electron chi connectivity index (χ1n) is 3.85. The minimum absolute atomic E-state index is 0.0832. The lowest BCUT2D eigenvalue weighted by atomic mass is 10.2. The van der Waals surface area contributed by atoms with Crippen molar-refractivity contribution < 1.29 is 8.78 Å². The van der Waals surface area contributed by atoms with Gasteiger partial charge < -0.3 is 5.32 Å². The molecule has 0 amide bonds. The van der Waals surface area contributed by atoms with Crippen LogP contribution in [0.25, 0.3) is 0 Å². The average Bonchev–Trinajstić information content (AvgIpc) is 2.04. The van der Waals surface area contributed by atoms with Gasteiger partial charge in [0.15, 0.2) is 0 Å². The van der Waals surface area contributed by atoms with Gasteiger partial charge in [0.1, 0.15) is 11.6 Å². The van der Waals surface area contributed by atoms with Crippen molar-refractivity contribution in [1.82, 2.24) is 5.32 Å². The van der Waals surface area contributed by atoms with Gasteiger partial charge in [-0.3, -0.25) is 0 Å². The molecule has 72 valence electrons. The van der Waals surface area contributed by atoms with Crippen molar-refractivity contribution in [3.8, 4) is 0 Å². The lowest BCUT2D eigenvalue weighted by molar-refractivity contribution is 0.536. The van der Waals surface area contributed by atoms with Crippen LogP contribution in [-0.4, -0.2) is 13.3 Å². The predicted octanol–water partition coefficient (Wildman–Crippen LogP) is 2.41. The van der Waals surface area contributed by atoms with Crippen LogP contribution in [0.3, 0.4) is 0 Å². The highest BCUT2D eigenvalue weighted by atomic mass is 32.2. The third kappa shape index (κ3) is 2.42. The molecule has 1 aromatic rings. The molecule has 0 aliphatic rings. The maximum Gasteiger partial charge on any atom is 0.140 e. The molecule has 0 radical (unpaired) electrons. The van der Waals surface area contributed by atoms with Crippen molar-refractivity contribution in [2.45, 2.75) is 11.4 Å². The van der Waals surface area contributed by atoms with E-state index in [4.69, 9.17) is 0 Å². The van der Waals surface area contributed by atoms with Crippen LogP contribution in [0, 0.1) is 11.6 Å². The van der Waals surface area contributed by atoms with Crippen molar-refractivity contribution in [2.75, 3.05) is 13.3 Å². The standard InChI is InChI=1S/C9H11F2NS/c1-12-5-6-3-7(10)9(13-2)8(11)4-6/h3-4,12H,5H2,1-2H3. The van der Waals surface area contributed by atoms with E-state index in [9.17, 15) is 8.78 Å². The Kier molecular flexibility index (Phi) is 3.69. The number of halogens is 2. The molecular formula is C9H11F2NS. The summed E-state index contributed by atoms with van der Waals surface area (Å²) in [6.07, 6.45) is 1.65. The highest BCUT2D eigenvalue weighted by molar-refractivity contribution is 7.98. The van der Waals surface area contributed by atoms with Gasteiger partial charge in [-0.05, 0) is 31.0 Å². The molecule has 0 saturated carbocycles. The van der Waals surface area contributed by atoms with Crippen LogP contribution in [0.4, 0.5) is 8.78 Å². The van der Waals surface area contributed by atoms with Gasteiger partial charge in [-0.15, -0.1) is 11.8 Å². The number of hydrogen-bond donors (Lipinski definition) is 1. The van der Waals surface area contributed by atoms with Crippen LogP contribution in [-0.2, 0) is 6.54 Å². The number of thioether (sulfide) groups is 1. The Morgan fingerprint density at radius 2 is 1.85 bits per heavy atom. The van der Waals surface area contributed by atoms with Crippen LogP contribution in [0.15, 0.2) is 17.0 Å². The monoisotopic (exact) mass is 203 g/mol. The summed E-state index contributed by atoms with van der Waals surface area (Å²) < 4.78 is 26.3. The highest BCUT2D eigenvalue weighted by Crippen LogP contribution is 2.23. The molecule has 0 heterocycles. The van der Waals surface area contributed by atoms with Crippen LogP contribution in [0.5, 0.6) is 0 Å². The fraction of sp³-hybridized carbons (Fsp3) is 0.333. The van der Waals surface area contributed by atoms with Crippen LogP contribution >= 0.6 is 11.8 Å². The molecule has 0 bridgehead atoms. The fourth-order valence-electron chi connectivity index (χ4n) is 1.11. The van der Waals surface area contributed by atoms with E-state index in [1.54, 1.807) is 13.3 Å². The van der Waals surface area contributed by atoms with Gasteiger partial charge in [0, 0.05) is 6.54 Å². The molecule has 0 fully saturated rings. The molecule has 0 aliphatic carbocycles. The minimum atomic E-state index is -0.488. The number of benzene rings is 1. The van der Waals surface area contributed by atoms with Gasteiger partial charge in [0.25, 0.3) is 0 Å². The van der Waals surface area contributed by atoms with Gasteiger partial charge >= 0.3 is 0 Å². The SMILES string of the molecule is CNCc1cc(F)c(SC)c(F)c1. The molecule has 4 heteroatoms. The van der Waals surface area contributed by atoms with E-state index in [0.717, 1.165) is 11.8 Å². The van der Waals surface area contributed by atoms with E-state index in [1.165, 1.54) is 12.1 Å². The average molecular weight is 203 g/mol. The van der Waals surface area contributed by atoms with Crippen molar-refractivity contribution >= 4 is 11.8 Å². The molecule has 1 nitrogen and oxygen atoms in total. The Morgan fingerprint density at radius 1 is 1.31 bits per heavy atom. The second-order valence-electron chi connectivity index (χ2n) is 2.62. The maximum absolute atomic E-state index is 13.1. The first kappa shape index (κ1) is 10.5. The van der Waals surface area contributed by atoms with Gasteiger partial charge in [-0.2, -0.15) is 0 Å². The molecule has 0 aromatic heterocycles. The lowest BCUT2D eigenvalue weighted by Gasteiger charge is -2.05. The molecule has 0 aliphatic heterocycles. The summed E-state index contributed by atoms with van der Waals surface area (Å²) in [4.78, 5) is 0.0832. The van der Waals surface area contributed by atoms with Crippen LogP contribution < -0.4 is 5.32 Å². The largest absolute Gasteiger partial charge is 0.316 e. The zero-order valence-electron chi connectivity index (χ0n) is 7.53. The summed E-state index contributed by atoms with van der Waals surface area (Å²) in [6, 6.07) is 2.71. The van der Waals surface area contributed by atoms with Gasteiger partial charge in [0.05, 0.1) is 4.90 Å². The molecular weight excluding hydrogens is 192 g/mol. The maximum atomic E-state index is 13.1. The van der Waals surface area contributed by atoms with Crippen molar-refractivity contribution in [2.24, 2.45) is 0 Å².